The molecule has 1 heterocycles. The second-order valence-electron chi connectivity index (χ2n) is 7.76. The molecule has 6 nitrogen and oxygen atoms in total. The van der Waals surface area contributed by atoms with E-state index in [0.29, 0.717) is 18.9 Å². The second kappa shape index (κ2) is 8.34. The number of rotatable bonds is 7. The van der Waals surface area contributed by atoms with Gasteiger partial charge in [0.15, 0.2) is 5.82 Å². The molecule has 1 unspecified atom stereocenters. The van der Waals surface area contributed by atoms with Gasteiger partial charge in [-0.25, -0.2) is 0 Å². The predicted molar refractivity (Wildman–Crippen MR) is 102 cm³/mol. The van der Waals surface area contributed by atoms with Crippen LogP contribution in [0.1, 0.15) is 52.3 Å². The molecule has 0 bridgehead atoms. The van der Waals surface area contributed by atoms with Crippen molar-refractivity contribution in [3.63, 3.8) is 0 Å². The topological polar surface area (TPSA) is 66.2 Å². The second-order valence-corrected chi connectivity index (χ2v) is 7.76. The van der Waals surface area contributed by atoms with E-state index in [1.165, 1.54) is 4.68 Å². The van der Waals surface area contributed by atoms with Crippen LogP contribution in [0.3, 0.4) is 0 Å². The third kappa shape index (κ3) is 5.31. The summed E-state index contributed by atoms with van der Waals surface area (Å²) in [6.45, 7) is 10.9. The molecule has 0 aliphatic rings. The molecule has 142 valence electrons. The van der Waals surface area contributed by atoms with Crippen molar-refractivity contribution in [2.24, 2.45) is 11.3 Å². The van der Waals surface area contributed by atoms with Crippen LogP contribution in [0.4, 0.5) is 0 Å². The van der Waals surface area contributed by atoms with Gasteiger partial charge in [-0.3, -0.25) is 4.79 Å². The summed E-state index contributed by atoms with van der Waals surface area (Å²) in [5.41, 5.74) is 0.971. The standard InChI is InChI=1S/C20H29N3O3/c1-7-26-19-21-18(15-8-10-16(25-6)11-9-15)23(22-19)17(24)12-14(2)13-20(3,4)5/h8-11,14H,7,12-13H2,1-6H3. The van der Waals surface area contributed by atoms with Crippen LogP contribution in [0.25, 0.3) is 11.4 Å². The van der Waals surface area contributed by atoms with Gasteiger partial charge in [-0.05, 0) is 48.9 Å². The number of benzene rings is 1. The van der Waals surface area contributed by atoms with Crippen molar-refractivity contribution >= 4 is 5.91 Å². The van der Waals surface area contributed by atoms with E-state index in [2.05, 4.69) is 37.8 Å². The van der Waals surface area contributed by atoms with Crippen LogP contribution in [0.15, 0.2) is 24.3 Å². The van der Waals surface area contributed by atoms with Crippen LogP contribution in [0.5, 0.6) is 11.8 Å². The summed E-state index contributed by atoms with van der Waals surface area (Å²) in [6.07, 6.45) is 1.37. The highest BCUT2D eigenvalue weighted by Gasteiger charge is 2.23. The molecule has 2 aromatic rings. The Morgan fingerprint density at radius 1 is 1.23 bits per heavy atom. The Hall–Kier alpha value is -2.37. The molecule has 0 saturated heterocycles. The Labute approximate surface area is 155 Å². The molecule has 0 fully saturated rings. The average Bonchev–Trinajstić information content (AvgIpc) is 2.97. The van der Waals surface area contributed by atoms with Crippen LogP contribution in [0, 0.1) is 11.3 Å². The molecular formula is C20H29N3O3. The zero-order valence-corrected chi connectivity index (χ0v) is 16.6. The van der Waals surface area contributed by atoms with Gasteiger partial charge in [0.05, 0.1) is 13.7 Å². The number of hydrogen-bond donors (Lipinski definition) is 0. The lowest BCUT2D eigenvalue weighted by molar-refractivity contribution is 0.0856. The molecule has 0 N–H and O–H groups in total. The summed E-state index contributed by atoms with van der Waals surface area (Å²) < 4.78 is 12.0. The zero-order valence-electron chi connectivity index (χ0n) is 16.6. The monoisotopic (exact) mass is 359 g/mol. The summed E-state index contributed by atoms with van der Waals surface area (Å²) in [7, 11) is 1.62. The van der Waals surface area contributed by atoms with Gasteiger partial charge in [-0.1, -0.05) is 27.7 Å². The summed E-state index contributed by atoms with van der Waals surface area (Å²) >= 11 is 0. The molecule has 0 spiro atoms. The van der Waals surface area contributed by atoms with E-state index >= 15 is 0 Å². The highest BCUT2D eigenvalue weighted by atomic mass is 16.5. The number of methoxy groups -OCH3 is 1. The SMILES string of the molecule is CCOc1nc(-c2ccc(OC)cc2)n(C(=O)CC(C)CC(C)(C)C)n1. The minimum atomic E-state index is -0.0778. The Balaban J connectivity index is 2.29. The summed E-state index contributed by atoms with van der Waals surface area (Å²) in [6, 6.07) is 7.61. The van der Waals surface area contributed by atoms with Crippen molar-refractivity contribution in [3.05, 3.63) is 24.3 Å². The van der Waals surface area contributed by atoms with Crippen LogP contribution in [-0.2, 0) is 0 Å². The summed E-state index contributed by atoms with van der Waals surface area (Å²) in [4.78, 5) is 17.3. The number of nitrogens with zero attached hydrogens (tertiary/aromatic N) is 3. The first kappa shape index (κ1) is 19.9. The lowest BCUT2D eigenvalue weighted by Crippen LogP contribution is -2.20. The van der Waals surface area contributed by atoms with Gasteiger partial charge < -0.3 is 9.47 Å². The van der Waals surface area contributed by atoms with Crippen LogP contribution in [-0.4, -0.2) is 34.4 Å². The fraction of sp³-hybridized carbons (Fsp3) is 0.550. The maximum Gasteiger partial charge on any atom is 0.336 e. The molecule has 1 atom stereocenters. The van der Waals surface area contributed by atoms with Gasteiger partial charge in [0.25, 0.3) is 0 Å². The first-order chi connectivity index (χ1) is 12.2. The Bertz CT molecular complexity index is 730. The van der Waals surface area contributed by atoms with Gasteiger partial charge in [-0.15, -0.1) is 5.10 Å². The highest BCUT2D eigenvalue weighted by Crippen LogP contribution is 2.28. The van der Waals surface area contributed by atoms with Gasteiger partial charge in [0.1, 0.15) is 5.75 Å². The average molecular weight is 359 g/mol. The lowest BCUT2D eigenvalue weighted by atomic mass is 9.84. The fourth-order valence-electron chi connectivity index (χ4n) is 3.09. The normalized spacial score (nSPS) is 12.7. The quantitative estimate of drug-likeness (QED) is 0.730. The van der Waals surface area contributed by atoms with Crippen molar-refractivity contribution in [1.29, 1.82) is 0 Å². The first-order valence-corrected chi connectivity index (χ1v) is 9.01. The first-order valence-electron chi connectivity index (χ1n) is 9.01. The molecule has 0 aliphatic carbocycles. The largest absolute Gasteiger partial charge is 0.497 e. The van der Waals surface area contributed by atoms with Crippen molar-refractivity contribution in [2.75, 3.05) is 13.7 Å². The molecule has 1 aromatic heterocycles. The maximum absolute atomic E-state index is 12.9. The third-order valence-corrected chi connectivity index (χ3v) is 3.93. The van der Waals surface area contributed by atoms with Gasteiger partial charge in [-0.2, -0.15) is 9.67 Å². The van der Waals surface area contributed by atoms with E-state index in [0.717, 1.165) is 17.7 Å². The number of carbonyl (C=O) groups is 1. The van der Waals surface area contributed by atoms with E-state index in [1.807, 2.05) is 31.2 Å². The smallest absolute Gasteiger partial charge is 0.336 e. The van der Waals surface area contributed by atoms with Crippen molar-refractivity contribution in [2.45, 2.75) is 47.5 Å². The Morgan fingerprint density at radius 2 is 1.88 bits per heavy atom. The van der Waals surface area contributed by atoms with Crippen molar-refractivity contribution in [3.8, 4) is 23.1 Å². The van der Waals surface area contributed by atoms with E-state index in [9.17, 15) is 4.79 Å². The van der Waals surface area contributed by atoms with Crippen LogP contribution >= 0.6 is 0 Å². The maximum atomic E-state index is 12.9. The highest BCUT2D eigenvalue weighted by molar-refractivity contribution is 5.82. The molecule has 0 saturated carbocycles. The number of carbonyl (C=O) groups excluding carboxylic acids is 1. The molecule has 2 rings (SSSR count). The van der Waals surface area contributed by atoms with E-state index in [4.69, 9.17) is 9.47 Å². The molecule has 26 heavy (non-hydrogen) atoms. The number of aromatic nitrogens is 3. The molecule has 0 amide bonds. The Kier molecular flexibility index (Phi) is 6.40. The third-order valence-electron chi connectivity index (χ3n) is 3.93. The summed E-state index contributed by atoms with van der Waals surface area (Å²) in [5.74, 6) is 1.41. The minimum Gasteiger partial charge on any atom is -0.497 e. The van der Waals surface area contributed by atoms with E-state index < -0.39 is 0 Å². The van der Waals surface area contributed by atoms with E-state index in [-0.39, 0.29) is 23.3 Å². The number of hydrogen-bond acceptors (Lipinski definition) is 5. The molecule has 6 heteroatoms. The number of ether oxygens (including phenoxy) is 2. The van der Waals surface area contributed by atoms with Crippen molar-refractivity contribution in [1.82, 2.24) is 14.8 Å². The zero-order chi connectivity index (χ0) is 19.3. The minimum absolute atomic E-state index is 0.0778. The predicted octanol–water partition coefficient (Wildman–Crippen LogP) is 4.46. The van der Waals surface area contributed by atoms with Crippen LogP contribution in [0.2, 0.25) is 0 Å². The molecule has 0 radical (unpaired) electrons. The van der Waals surface area contributed by atoms with Gasteiger partial charge in [0.2, 0.25) is 5.91 Å². The van der Waals surface area contributed by atoms with Crippen molar-refractivity contribution < 1.29 is 14.3 Å². The van der Waals surface area contributed by atoms with Gasteiger partial charge >= 0.3 is 6.01 Å². The molecular weight excluding hydrogens is 330 g/mol. The molecule has 1 aromatic carbocycles. The van der Waals surface area contributed by atoms with Crippen LogP contribution < -0.4 is 9.47 Å². The Morgan fingerprint density at radius 3 is 2.42 bits per heavy atom. The molecule has 0 aliphatic heterocycles. The lowest BCUT2D eigenvalue weighted by Gasteiger charge is -2.22. The van der Waals surface area contributed by atoms with E-state index in [1.54, 1.807) is 7.11 Å². The van der Waals surface area contributed by atoms with Gasteiger partial charge in [0, 0.05) is 12.0 Å². The summed E-state index contributed by atoms with van der Waals surface area (Å²) in [5, 5.41) is 4.27. The fourth-order valence-corrected chi connectivity index (χ4v) is 3.09.